The van der Waals surface area contributed by atoms with Crippen molar-refractivity contribution in [2.75, 3.05) is 0 Å². The fourth-order valence-corrected chi connectivity index (χ4v) is 2.45. The van der Waals surface area contributed by atoms with Crippen molar-refractivity contribution in [3.05, 3.63) is 40.8 Å². The molecule has 14 heavy (non-hydrogen) atoms. The summed E-state index contributed by atoms with van der Waals surface area (Å²) in [6, 6.07) is 8.48. The average molecular weight is 210 g/mol. The molecular formula is C11H14O2S. The summed E-state index contributed by atoms with van der Waals surface area (Å²) >= 11 is 0. The number of sulfone groups is 1. The fraction of sp³-hybridized carbons (Fsp3) is 0.273. The fourth-order valence-electron chi connectivity index (χ4n) is 1.05. The van der Waals surface area contributed by atoms with Gasteiger partial charge in [-0.2, -0.15) is 0 Å². The molecule has 1 aromatic carbocycles. The van der Waals surface area contributed by atoms with Crippen molar-refractivity contribution in [2.45, 2.75) is 25.7 Å². The van der Waals surface area contributed by atoms with E-state index in [2.05, 4.69) is 0 Å². The second kappa shape index (κ2) is 3.96. The van der Waals surface area contributed by atoms with Crippen LogP contribution in [0.5, 0.6) is 0 Å². The van der Waals surface area contributed by atoms with Crippen LogP contribution in [-0.2, 0) is 9.84 Å². The number of rotatable bonds is 2. The Balaban J connectivity index is 3.31. The molecule has 0 saturated heterocycles. The van der Waals surface area contributed by atoms with Crippen LogP contribution in [0.4, 0.5) is 0 Å². The molecular weight excluding hydrogens is 196 g/mol. The summed E-state index contributed by atoms with van der Waals surface area (Å²) in [5.74, 6) is 0. The number of hydrogen-bond donors (Lipinski definition) is 0. The van der Waals surface area contributed by atoms with Crippen LogP contribution in [0, 0.1) is 0 Å². The average Bonchev–Trinajstić information content (AvgIpc) is 2.18. The van der Waals surface area contributed by atoms with E-state index in [-0.39, 0.29) is 0 Å². The number of benzene rings is 1. The van der Waals surface area contributed by atoms with Gasteiger partial charge in [0, 0.05) is 4.91 Å². The molecule has 0 spiro atoms. The van der Waals surface area contributed by atoms with Crippen LogP contribution in [0.15, 0.2) is 45.7 Å². The minimum absolute atomic E-state index is 0.360. The Morgan fingerprint density at radius 2 is 1.50 bits per heavy atom. The van der Waals surface area contributed by atoms with Gasteiger partial charge in [0.2, 0.25) is 9.84 Å². The second-order valence-electron chi connectivity index (χ2n) is 3.37. The Labute approximate surface area is 85.2 Å². The van der Waals surface area contributed by atoms with Crippen LogP contribution < -0.4 is 0 Å². The zero-order valence-corrected chi connectivity index (χ0v) is 9.43. The van der Waals surface area contributed by atoms with Crippen molar-refractivity contribution >= 4 is 9.84 Å². The molecule has 0 N–H and O–H groups in total. The van der Waals surface area contributed by atoms with Crippen molar-refractivity contribution < 1.29 is 8.42 Å². The minimum atomic E-state index is -3.26. The molecule has 2 nitrogen and oxygen atoms in total. The van der Waals surface area contributed by atoms with Gasteiger partial charge in [0.25, 0.3) is 0 Å². The van der Waals surface area contributed by atoms with Gasteiger partial charge in [-0.05, 0) is 32.9 Å². The second-order valence-corrected chi connectivity index (χ2v) is 5.46. The highest BCUT2D eigenvalue weighted by Crippen LogP contribution is 2.20. The van der Waals surface area contributed by atoms with E-state index in [4.69, 9.17) is 0 Å². The maximum absolute atomic E-state index is 11.9. The molecule has 1 aromatic rings. The highest BCUT2D eigenvalue weighted by molar-refractivity contribution is 7.95. The first-order chi connectivity index (χ1) is 6.46. The summed E-state index contributed by atoms with van der Waals surface area (Å²) < 4.78 is 23.8. The number of hydrogen-bond acceptors (Lipinski definition) is 2. The van der Waals surface area contributed by atoms with Gasteiger partial charge in [-0.1, -0.05) is 23.8 Å². The normalized spacial score (nSPS) is 11.1. The van der Waals surface area contributed by atoms with E-state index < -0.39 is 9.84 Å². The van der Waals surface area contributed by atoms with Gasteiger partial charge in [-0.15, -0.1) is 0 Å². The molecule has 0 heterocycles. The summed E-state index contributed by atoms with van der Waals surface area (Å²) in [5.41, 5.74) is 0.828. The van der Waals surface area contributed by atoms with Gasteiger partial charge < -0.3 is 0 Å². The zero-order valence-electron chi connectivity index (χ0n) is 8.61. The standard InChI is InChI=1S/C11H14O2S/c1-9(2)10(3)14(12,13)11-7-5-4-6-8-11/h4-8H,1-3H3. The van der Waals surface area contributed by atoms with Crippen molar-refractivity contribution in [2.24, 2.45) is 0 Å². The van der Waals surface area contributed by atoms with E-state index in [1.165, 1.54) is 0 Å². The summed E-state index contributed by atoms with van der Waals surface area (Å²) in [5, 5.41) is 0. The molecule has 0 bridgehead atoms. The molecule has 0 atom stereocenters. The van der Waals surface area contributed by atoms with E-state index >= 15 is 0 Å². The van der Waals surface area contributed by atoms with Gasteiger partial charge >= 0.3 is 0 Å². The van der Waals surface area contributed by atoms with Gasteiger partial charge in [0.05, 0.1) is 4.90 Å². The smallest absolute Gasteiger partial charge is 0.202 e. The molecule has 0 aromatic heterocycles. The van der Waals surface area contributed by atoms with Gasteiger partial charge in [0.1, 0.15) is 0 Å². The number of allylic oxidation sites excluding steroid dienone is 2. The first kappa shape index (κ1) is 11.0. The maximum Gasteiger partial charge on any atom is 0.202 e. The highest BCUT2D eigenvalue weighted by atomic mass is 32.2. The van der Waals surface area contributed by atoms with E-state index in [0.717, 1.165) is 5.57 Å². The van der Waals surface area contributed by atoms with E-state index in [1.54, 1.807) is 51.1 Å². The van der Waals surface area contributed by atoms with Gasteiger partial charge in [-0.25, -0.2) is 8.42 Å². The topological polar surface area (TPSA) is 34.1 Å². The molecule has 0 saturated carbocycles. The van der Waals surface area contributed by atoms with Crippen molar-refractivity contribution in [1.82, 2.24) is 0 Å². The molecule has 0 unspecified atom stereocenters. The third-order valence-electron chi connectivity index (χ3n) is 2.16. The quantitative estimate of drug-likeness (QED) is 0.752. The first-order valence-corrected chi connectivity index (χ1v) is 5.89. The van der Waals surface area contributed by atoms with Crippen LogP contribution in [0.2, 0.25) is 0 Å². The Morgan fingerprint density at radius 1 is 1.00 bits per heavy atom. The summed E-state index contributed by atoms with van der Waals surface area (Å²) in [4.78, 5) is 0.794. The lowest BCUT2D eigenvalue weighted by molar-refractivity contribution is 0.601. The SMILES string of the molecule is CC(C)=C(C)S(=O)(=O)c1ccccc1. The van der Waals surface area contributed by atoms with Crippen LogP contribution in [0.3, 0.4) is 0 Å². The molecule has 0 aliphatic rings. The monoisotopic (exact) mass is 210 g/mol. The minimum Gasteiger partial charge on any atom is -0.219 e. The Morgan fingerprint density at radius 3 is 1.93 bits per heavy atom. The van der Waals surface area contributed by atoms with Crippen LogP contribution >= 0.6 is 0 Å². The molecule has 1 rings (SSSR count). The van der Waals surface area contributed by atoms with Gasteiger partial charge in [0.15, 0.2) is 0 Å². The molecule has 0 aliphatic carbocycles. The van der Waals surface area contributed by atoms with Crippen LogP contribution in [0.25, 0.3) is 0 Å². The largest absolute Gasteiger partial charge is 0.219 e. The molecule has 76 valence electrons. The molecule has 0 amide bonds. The third kappa shape index (κ3) is 2.04. The summed E-state index contributed by atoms with van der Waals surface area (Å²) in [6.45, 7) is 5.24. The zero-order chi connectivity index (χ0) is 10.8. The highest BCUT2D eigenvalue weighted by Gasteiger charge is 2.16. The summed E-state index contributed by atoms with van der Waals surface area (Å²) in [6.07, 6.45) is 0. The first-order valence-electron chi connectivity index (χ1n) is 4.40. The summed E-state index contributed by atoms with van der Waals surface area (Å²) in [7, 11) is -3.26. The molecule has 0 radical (unpaired) electrons. The van der Waals surface area contributed by atoms with Crippen molar-refractivity contribution in [3.63, 3.8) is 0 Å². The Hall–Kier alpha value is -1.09. The molecule has 3 heteroatoms. The third-order valence-corrected chi connectivity index (χ3v) is 4.27. The van der Waals surface area contributed by atoms with Crippen LogP contribution in [-0.4, -0.2) is 8.42 Å². The lowest BCUT2D eigenvalue weighted by Crippen LogP contribution is -2.03. The predicted molar refractivity (Wildman–Crippen MR) is 57.7 cm³/mol. The Bertz CT molecular complexity index is 437. The van der Waals surface area contributed by atoms with E-state index in [9.17, 15) is 8.42 Å². The van der Waals surface area contributed by atoms with Crippen LogP contribution in [0.1, 0.15) is 20.8 Å². The lowest BCUT2D eigenvalue weighted by atomic mass is 10.3. The Kier molecular flexibility index (Phi) is 3.11. The molecule has 0 fully saturated rings. The van der Waals surface area contributed by atoms with Gasteiger partial charge in [-0.3, -0.25) is 0 Å². The van der Waals surface area contributed by atoms with E-state index in [0.29, 0.717) is 9.80 Å². The lowest BCUT2D eigenvalue weighted by Gasteiger charge is -2.05. The van der Waals surface area contributed by atoms with Crippen molar-refractivity contribution in [1.29, 1.82) is 0 Å². The van der Waals surface area contributed by atoms with E-state index in [1.807, 2.05) is 0 Å². The van der Waals surface area contributed by atoms with Crippen molar-refractivity contribution in [3.8, 4) is 0 Å². The predicted octanol–water partition coefficient (Wildman–Crippen LogP) is 2.77. The maximum atomic E-state index is 11.9. The molecule has 0 aliphatic heterocycles.